The normalized spacial score (nSPS) is 11.8. The number of aliphatic imine (C=N–C) groups is 1. The summed E-state index contributed by atoms with van der Waals surface area (Å²) < 4.78 is 5.36. The molecule has 0 aliphatic carbocycles. The summed E-state index contributed by atoms with van der Waals surface area (Å²) in [6.45, 7) is 14.6. The molecule has 0 aliphatic heterocycles. The molecule has 7 heteroatoms. The van der Waals surface area contributed by atoms with E-state index in [1.807, 2.05) is 19.1 Å². The lowest BCUT2D eigenvalue weighted by Gasteiger charge is -2.14. The number of aromatic nitrogens is 1. The molecule has 2 heterocycles. The first-order chi connectivity index (χ1) is 12.3. The first-order valence-electron chi connectivity index (χ1n) is 8.98. The third kappa shape index (κ3) is 8.92. The zero-order chi connectivity index (χ0) is 19.0. The summed E-state index contributed by atoms with van der Waals surface area (Å²) in [5, 5.41) is 10.1. The van der Waals surface area contributed by atoms with Gasteiger partial charge in [0.2, 0.25) is 0 Å². The van der Waals surface area contributed by atoms with E-state index >= 15 is 0 Å². The van der Waals surface area contributed by atoms with Gasteiger partial charge in [-0.1, -0.05) is 32.9 Å². The highest BCUT2D eigenvalue weighted by atomic mass is 127. The molecule has 0 aromatic carbocycles. The van der Waals surface area contributed by atoms with E-state index in [0.29, 0.717) is 6.54 Å². The van der Waals surface area contributed by atoms with Crippen molar-refractivity contribution in [2.24, 2.45) is 4.99 Å². The molecule has 0 saturated heterocycles. The Kier molecular flexibility index (Phi) is 10.1. The van der Waals surface area contributed by atoms with Crippen LogP contribution in [0.1, 0.15) is 44.2 Å². The fourth-order valence-electron chi connectivity index (χ4n) is 2.22. The van der Waals surface area contributed by atoms with Crippen molar-refractivity contribution in [1.82, 2.24) is 15.6 Å². The molecule has 2 aromatic heterocycles. The van der Waals surface area contributed by atoms with Gasteiger partial charge in [0.1, 0.15) is 5.76 Å². The molecule has 0 aliphatic rings. The number of thiazole rings is 1. The maximum absolute atomic E-state index is 5.36. The third-order valence-corrected chi connectivity index (χ3v) is 4.93. The van der Waals surface area contributed by atoms with Gasteiger partial charge in [0.25, 0.3) is 0 Å². The molecule has 2 N–H and O–H groups in total. The lowest BCUT2D eigenvalue weighted by molar-refractivity contribution is 0.506. The number of nitrogens with one attached hydrogen (secondary N) is 2. The minimum absolute atomic E-state index is 0. The Morgan fingerprint density at radius 1 is 1.26 bits per heavy atom. The van der Waals surface area contributed by atoms with Crippen LogP contribution in [0.3, 0.4) is 0 Å². The minimum Gasteiger partial charge on any atom is -0.469 e. The van der Waals surface area contributed by atoms with Crippen LogP contribution in [0.15, 0.2) is 45.3 Å². The summed E-state index contributed by atoms with van der Waals surface area (Å²) in [4.78, 5) is 9.30. The number of halogens is 1. The van der Waals surface area contributed by atoms with E-state index in [0.717, 1.165) is 48.9 Å². The van der Waals surface area contributed by atoms with Crippen molar-refractivity contribution >= 4 is 41.3 Å². The van der Waals surface area contributed by atoms with Crippen molar-refractivity contribution in [1.29, 1.82) is 0 Å². The van der Waals surface area contributed by atoms with Crippen molar-refractivity contribution in [2.75, 3.05) is 19.6 Å². The largest absolute Gasteiger partial charge is 0.469 e. The van der Waals surface area contributed by atoms with Crippen molar-refractivity contribution < 1.29 is 4.42 Å². The Hall–Kier alpha value is -1.35. The van der Waals surface area contributed by atoms with Gasteiger partial charge < -0.3 is 15.1 Å². The topological polar surface area (TPSA) is 62.5 Å². The number of hydrogen-bond acceptors (Lipinski definition) is 4. The maximum Gasteiger partial charge on any atom is 0.191 e. The summed E-state index contributed by atoms with van der Waals surface area (Å²) in [6.07, 6.45) is 3.39. The van der Waals surface area contributed by atoms with Gasteiger partial charge in [0.05, 0.1) is 23.5 Å². The van der Waals surface area contributed by atoms with Crippen LogP contribution in [0, 0.1) is 0 Å². The van der Waals surface area contributed by atoms with E-state index in [9.17, 15) is 0 Å². The fraction of sp³-hybridized carbons (Fsp3) is 0.500. The Morgan fingerprint density at radius 3 is 2.52 bits per heavy atom. The van der Waals surface area contributed by atoms with Gasteiger partial charge in [-0.15, -0.1) is 35.3 Å². The molecule has 27 heavy (non-hydrogen) atoms. The van der Waals surface area contributed by atoms with E-state index in [-0.39, 0.29) is 29.4 Å². The van der Waals surface area contributed by atoms with E-state index < -0.39 is 0 Å². The summed E-state index contributed by atoms with van der Waals surface area (Å²) in [6, 6.07) is 3.89. The summed E-state index contributed by atoms with van der Waals surface area (Å²) >= 11 is 1.74. The summed E-state index contributed by atoms with van der Waals surface area (Å²) in [7, 11) is 0. The Labute approximate surface area is 183 Å². The zero-order valence-electron chi connectivity index (χ0n) is 16.7. The average Bonchev–Trinajstić information content (AvgIpc) is 3.23. The van der Waals surface area contributed by atoms with Crippen LogP contribution in [-0.4, -0.2) is 30.6 Å². The molecular weight excluding hydrogens is 471 g/mol. The number of rotatable bonds is 8. The molecule has 0 amide bonds. The minimum atomic E-state index is 0. The van der Waals surface area contributed by atoms with E-state index in [1.165, 1.54) is 5.01 Å². The van der Waals surface area contributed by atoms with Crippen molar-refractivity contribution in [3.63, 3.8) is 0 Å². The van der Waals surface area contributed by atoms with Gasteiger partial charge in [-0.2, -0.15) is 0 Å². The Morgan fingerprint density at radius 2 is 1.96 bits per heavy atom. The molecule has 0 radical (unpaired) electrons. The highest BCUT2D eigenvalue weighted by molar-refractivity contribution is 14.0. The first kappa shape index (κ1) is 23.7. The van der Waals surface area contributed by atoms with Crippen LogP contribution in [0.5, 0.6) is 0 Å². The van der Waals surface area contributed by atoms with Gasteiger partial charge in [-0.05, 0) is 19.1 Å². The van der Waals surface area contributed by atoms with Crippen molar-refractivity contribution in [3.05, 3.63) is 52.4 Å². The second-order valence-electron chi connectivity index (χ2n) is 7.45. The molecule has 0 unspecified atom stereocenters. The molecule has 2 aromatic rings. The van der Waals surface area contributed by atoms with Gasteiger partial charge in [0.15, 0.2) is 5.96 Å². The molecular formula is C20H31IN4OS. The smallest absolute Gasteiger partial charge is 0.191 e. The second-order valence-corrected chi connectivity index (χ2v) is 8.31. The van der Waals surface area contributed by atoms with Crippen molar-refractivity contribution in [2.45, 2.75) is 46.0 Å². The molecule has 0 atom stereocenters. The number of nitrogens with zero attached hydrogens (tertiary/aromatic N) is 2. The van der Waals surface area contributed by atoms with Crippen LogP contribution < -0.4 is 10.6 Å². The predicted molar refractivity (Wildman–Crippen MR) is 125 cm³/mol. The third-order valence-electron chi connectivity index (χ3n) is 3.62. The fourth-order valence-corrected chi connectivity index (χ4v) is 3.16. The van der Waals surface area contributed by atoms with Crippen LogP contribution in [0.25, 0.3) is 0 Å². The molecule has 150 valence electrons. The van der Waals surface area contributed by atoms with Gasteiger partial charge >= 0.3 is 0 Å². The van der Waals surface area contributed by atoms with Crippen LogP contribution in [-0.2, 0) is 18.3 Å². The molecule has 5 nitrogen and oxygen atoms in total. The number of guanidine groups is 1. The van der Waals surface area contributed by atoms with Crippen molar-refractivity contribution in [3.8, 4) is 0 Å². The van der Waals surface area contributed by atoms with Gasteiger partial charge in [-0.25, -0.2) is 9.98 Å². The molecule has 0 spiro atoms. The van der Waals surface area contributed by atoms with Gasteiger partial charge in [-0.3, -0.25) is 0 Å². The Bertz CT molecular complexity index is 717. The lowest BCUT2D eigenvalue weighted by Crippen LogP contribution is -2.39. The predicted octanol–water partition coefficient (Wildman–Crippen LogP) is 4.55. The second kappa shape index (κ2) is 11.5. The monoisotopic (exact) mass is 502 g/mol. The Balaban J connectivity index is 0.00000364. The quantitative estimate of drug-likeness (QED) is 0.241. The molecule has 2 rings (SSSR count). The summed E-state index contributed by atoms with van der Waals surface area (Å²) in [5.41, 5.74) is 2.27. The van der Waals surface area contributed by atoms with E-state index in [4.69, 9.17) is 9.40 Å². The SMILES string of the molecule is C=C(C)CN=C(NCCc1csc(C(C)(C)C)n1)NCCc1ccco1.I. The van der Waals surface area contributed by atoms with E-state index in [2.05, 4.69) is 48.4 Å². The molecule has 0 saturated carbocycles. The number of furan rings is 1. The van der Waals surface area contributed by atoms with Crippen LogP contribution in [0.4, 0.5) is 0 Å². The zero-order valence-corrected chi connectivity index (χ0v) is 19.8. The van der Waals surface area contributed by atoms with E-state index in [1.54, 1.807) is 17.6 Å². The maximum atomic E-state index is 5.36. The van der Waals surface area contributed by atoms with Gasteiger partial charge in [0, 0.05) is 36.7 Å². The molecule has 0 bridgehead atoms. The highest BCUT2D eigenvalue weighted by Crippen LogP contribution is 2.25. The molecule has 0 fully saturated rings. The highest BCUT2D eigenvalue weighted by Gasteiger charge is 2.17. The van der Waals surface area contributed by atoms with Crippen LogP contribution >= 0.6 is 35.3 Å². The average molecular weight is 502 g/mol. The standard InChI is InChI=1S/C20H30N4OS.HI/c1-15(2)13-23-19(22-11-9-17-7-6-12-25-17)21-10-8-16-14-26-18(24-16)20(3,4)5;/h6-7,12,14H,1,8-11,13H2,2-5H3,(H2,21,22,23);1H. The first-order valence-corrected chi connectivity index (χ1v) is 9.86. The van der Waals surface area contributed by atoms with Crippen LogP contribution in [0.2, 0.25) is 0 Å². The lowest BCUT2D eigenvalue weighted by atomic mass is 9.98. The number of hydrogen-bond donors (Lipinski definition) is 2. The summed E-state index contributed by atoms with van der Waals surface area (Å²) in [5.74, 6) is 1.76.